The van der Waals surface area contributed by atoms with E-state index in [0.29, 0.717) is 29.2 Å². The van der Waals surface area contributed by atoms with Crippen molar-refractivity contribution in [1.29, 1.82) is 0 Å². The molecule has 0 unspecified atom stereocenters. The van der Waals surface area contributed by atoms with Gasteiger partial charge in [-0.05, 0) is 25.0 Å². The van der Waals surface area contributed by atoms with E-state index in [1.165, 1.54) is 19.3 Å². The van der Waals surface area contributed by atoms with Gasteiger partial charge in [0.05, 0.1) is 6.42 Å². The fourth-order valence-corrected chi connectivity index (χ4v) is 3.71. The van der Waals surface area contributed by atoms with Crippen LogP contribution in [-0.4, -0.2) is 48.6 Å². The average molecular weight is 382 g/mol. The van der Waals surface area contributed by atoms with Gasteiger partial charge in [-0.3, -0.25) is 9.20 Å². The van der Waals surface area contributed by atoms with E-state index in [9.17, 15) is 4.79 Å². The zero-order valence-corrected chi connectivity index (χ0v) is 16.6. The summed E-state index contributed by atoms with van der Waals surface area (Å²) in [7, 11) is 1.90. The maximum atomic E-state index is 12.7. The first-order valence-corrected chi connectivity index (χ1v) is 9.96. The molecule has 3 aromatic rings. The van der Waals surface area contributed by atoms with E-state index >= 15 is 0 Å². The van der Waals surface area contributed by atoms with Crippen LogP contribution in [0.25, 0.3) is 17.1 Å². The fraction of sp³-hybridized carbons (Fsp3) is 0.550. The largest absolute Gasteiger partial charge is 0.342 e. The topological polar surface area (TPSA) is 89.4 Å². The number of fused-ring (bicyclic) bond motifs is 1. The first kappa shape index (κ1) is 18.6. The summed E-state index contributed by atoms with van der Waals surface area (Å²) in [6.45, 7) is 4.04. The molecular formula is C20H26N6O2. The molecule has 8 heteroatoms. The molecule has 28 heavy (non-hydrogen) atoms. The molecule has 1 aliphatic carbocycles. The van der Waals surface area contributed by atoms with E-state index in [1.807, 2.05) is 48.5 Å². The van der Waals surface area contributed by atoms with Crippen LogP contribution in [-0.2, 0) is 11.2 Å². The molecule has 1 amide bonds. The van der Waals surface area contributed by atoms with Crippen LogP contribution in [0.3, 0.4) is 0 Å². The highest BCUT2D eigenvalue weighted by Crippen LogP contribution is 2.23. The number of hydrogen-bond acceptors (Lipinski definition) is 6. The second-order valence-electron chi connectivity index (χ2n) is 7.85. The Hall–Kier alpha value is -2.77. The fourth-order valence-electron chi connectivity index (χ4n) is 3.71. The molecule has 0 aliphatic heterocycles. The Kier molecular flexibility index (Phi) is 5.11. The van der Waals surface area contributed by atoms with Crippen LogP contribution in [0.15, 0.2) is 22.9 Å². The number of carbonyl (C=O) groups is 1. The van der Waals surface area contributed by atoms with E-state index in [1.54, 1.807) is 0 Å². The Labute approximate surface area is 163 Å². The van der Waals surface area contributed by atoms with Crippen molar-refractivity contribution in [2.45, 2.75) is 64.3 Å². The Morgan fingerprint density at radius 3 is 2.79 bits per heavy atom. The third-order valence-electron chi connectivity index (χ3n) is 5.51. The summed E-state index contributed by atoms with van der Waals surface area (Å²) >= 11 is 0. The predicted octanol–water partition coefficient (Wildman–Crippen LogP) is 3.24. The number of carbonyl (C=O) groups excluding carboxylic acids is 1. The first-order chi connectivity index (χ1) is 13.5. The van der Waals surface area contributed by atoms with E-state index < -0.39 is 0 Å². The molecule has 1 saturated carbocycles. The molecule has 0 radical (unpaired) electrons. The second kappa shape index (κ2) is 7.69. The number of hydrogen-bond donors (Lipinski definition) is 0. The van der Waals surface area contributed by atoms with Gasteiger partial charge in [0.25, 0.3) is 5.89 Å². The van der Waals surface area contributed by atoms with Gasteiger partial charge in [-0.2, -0.15) is 4.98 Å². The van der Waals surface area contributed by atoms with Crippen molar-refractivity contribution in [3.05, 3.63) is 30.0 Å². The van der Waals surface area contributed by atoms with E-state index in [4.69, 9.17) is 4.52 Å². The molecule has 0 spiro atoms. The Bertz CT molecular complexity index is 970. The Morgan fingerprint density at radius 2 is 2.07 bits per heavy atom. The lowest BCUT2D eigenvalue weighted by Gasteiger charge is -2.31. The van der Waals surface area contributed by atoms with Crippen molar-refractivity contribution in [3.63, 3.8) is 0 Å². The third-order valence-corrected chi connectivity index (χ3v) is 5.51. The Morgan fingerprint density at radius 1 is 1.29 bits per heavy atom. The summed E-state index contributed by atoms with van der Waals surface area (Å²) in [4.78, 5) is 19.0. The van der Waals surface area contributed by atoms with Crippen LogP contribution >= 0.6 is 0 Å². The average Bonchev–Trinajstić information content (AvgIpc) is 3.35. The molecular weight excluding hydrogens is 356 g/mol. The quantitative estimate of drug-likeness (QED) is 0.673. The highest BCUT2D eigenvalue weighted by atomic mass is 16.5. The SMILES string of the molecule is CC(C)c1noc(-c2ccn3c(CC(=O)N(C)C4CCCCC4)nnc3c2)n1. The van der Waals surface area contributed by atoms with Gasteiger partial charge < -0.3 is 9.42 Å². The number of pyridine rings is 1. The van der Waals surface area contributed by atoms with Crippen LogP contribution in [0.2, 0.25) is 0 Å². The molecule has 0 bridgehead atoms. The standard InChI is InChI=1S/C20H26N6O2/c1-13(2)19-21-20(28-24-19)14-9-10-26-16(11-14)22-23-17(26)12-18(27)25(3)15-7-5-4-6-8-15/h9-11,13,15H,4-8,12H2,1-3H3. The number of likely N-dealkylation sites (N-methyl/N-ethyl adjacent to an activating group) is 1. The lowest BCUT2D eigenvalue weighted by atomic mass is 9.94. The maximum Gasteiger partial charge on any atom is 0.258 e. The Balaban J connectivity index is 1.52. The van der Waals surface area contributed by atoms with Crippen LogP contribution in [0.5, 0.6) is 0 Å². The summed E-state index contributed by atoms with van der Waals surface area (Å²) in [5.41, 5.74) is 1.45. The summed E-state index contributed by atoms with van der Waals surface area (Å²) < 4.78 is 7.19. The van der Waals surface area contributed by atoms with Crippen molar-refractivity contribution in [2.24, 2.45) is 0 Å². The van der Waals surface area contributed by atoms with Gasteiger partial charge >= 0.3 is 0 Å². The van der Waals surface area contributed by atoms with Gasteiger partial charge in [0.2, 0.25) is 5.91 Å². The van der Waals surface area contributed by atoms with Crippen molar-refractivity contribution in [2.75, 3.05) is 7.05 Å². The van der Waals surface area contributed by atoms with Gasteiger partial charge in [-0.15, -0.1) is 10.2 Å². The normalized spacial score (nSPS) is 15.4. The van der Waals surface area contributed by atoms with Gasteiger partial charge in [0.15, 0.2) is 11.5 Å². The minimum atomic E-state index is 0.0868. The first-order valence-electron chi connectivity index (χ1n) is 9.96. The highest BCUT2D eigenvalue weighted by molar-refractivity contribution is 5.78. The summed E-state index contributed by atoms with van der Waals surface area (Å²) in [6, 6.07) is 4.08. The number of nitrogens with zero attached hydrogens (tertiary/aromatic N) is 6. The lowest BCUT2D eigenvalue weighted by molar-refractivity contribution is -0.131. The monoisotopic (exact) mass is 382 g/mol. The van der Waals surface area contributed by atoms with Crippen LogP contribution in [0.1, 0.15) is 63.5 Å². The molecule has 0 saturated heterocycles. The number of rotatable bonds is 5. The minimum absolute atomic E-state index is 0.0868. The van der Waals surface area contributed by atoms with Gasteiger partial charge in [-0.25, -0.2) is 0 Å². The molecule has 3 aromatic heterocycles. The minimum Gasteiger partial charge on any atom is -0.342 e. The molecule has 4 rings (SSSR count). The van der Waals surface area contributed by atoms with Crippen molar-refractivity contribution < 1.29 is 9.32 Å². The lowest BCUT2D eigenvalue weighted by Crippen LogP contribution is -2.39. The van der Waals surface area contributed by atoms with Crippen LogP contribution in [0, 0.1) is 0 Å². The van der Waals surface area contributed by atoms with Crippen LogP contribution in [0.4, 0.5) is 0 Å². The summed E-state index contributed by atoms with van der Waals surface area (Å²) in [5.74, 6) is 2.07. The molecule has 1 fully saturated rings. The predicted molar refractivity (Wildman–Crippen MR) is 104 cm³/mol. The van der Waals surface area contributed by atoms with E-state index in [-0.39, 0.29) is 18.2 Å². The van der Waals surface area contributed by atoms with Gasteiger partial charge in [0, 0.05) is 30.8 Å². The highest BCUT2D eigenvalue weighted by Gasteiger charge is 2.23. The van der Waals surface area contributed by atoms with Gasteiger partial charge in [0.1, 0.15) is 5.82 Å². The molecule has 1 aliphatic rings. The molecule has 148 valence electrons. The smallest absolute Gasteiger partial charge is 0.258 e. The number of aromatic nitrogens is 5. The summed E-state index contributed by atoms with van der Waals surface area (Å²) in [5, 5.41) is 12.5. The molecule has 0 N–H and O–H groups in total. The van der Waals surface area contributed by atoms with Crippen molar-refractivity contribution >= 4 is 11.6 Å². The molecule has 3 heterocycles. The third kappa shape index (κ3) is 3.63. The molecule has 8 nitrogen and oxygen atoms in total. The second-order valence-corrected chi connectivity index (χ2v) is 7.85. The van der Waals surface area contributed by atoms with Crippen molar-refractivity contribution in [1.82, 2.24) is 29.6 Å². The molecule has 0 atom stereocenters. The van der Waals surface area contributed by atoms with Crippen molar-refractivity contribution in [3.8, 4) is 11.5 Å². The maximum absolute atomic E-state index is 12.7. The zero-order valence-electron chi connectivity index (χ0n) is 16.6. The zero-order chi connectivity index (χ0) is 19.7. The van der Waals surface area contributed by atoms with E-state index in [0.717, 1.165) is 18.4 Å². The van der Waals surface area contributed by atoms with Crippen LogP contribution < -0.4 is 0 Å². The summed E-state index contributed by atoms with van der Waals surface area (Å²) in [6.07, 6.45) is 7.96. The number of amides is 1. The van der Waals surface area contributed by atoms with E-state index in [2.05, 4.69) is 20.3 Å². The molecule has 0 aromatic carbocycles. The van der Waals surface area contributed by atoms with Gasteiger partial charge in [-0.1, -0.05) is 38.3 Å².